The van der Waals surface area contributed by atoms with Crippen LogP contribution in [0.25, 0.3) is 0 Å². The molecule has 0 bridgehead atoms. The Balaban J connectivity index is 2.33. The molecule has 0 aromatic heterocycles. The van der Waals surface area contributed by atoms with Gasteiger partial charge in [-0.05, 0) is 38.4 Å². The Bertz CT molecular complexity index is 284. The molecule has 0 saturated heterocycles. The summed E-state index contributed by atoms with van der Waals surface area (Å²) in [7, 11) is 2.06. The SMILES string of the molecule is C[C@H](CCN(C)C[C@@H](C)O)c1ccccc1. The van der Waals surface area contributed by atoms with Crippen molar-refractivity contribution in [2.45, 2.75) is 32.3 Å². The van der Waals surface area contributed by atoms with Crippen molar-refractivity contribution in [3.05, 3.63) is 35.9 Å². The van der Waals surface area contributed by atoms with Gasteiger partial charge in [-0.3, -0.25) is 0 Å². The quantitative estimate of drug-likeness (QED) is 0.798. The van der Waals surface area contributed by atoms with Crippen molar-refractivity contribution in [2.75, 3.05) is 20.1 Å². The molecule has 0 spiro atoms. The molecule has 16 heavy (non-hydrogen) atoms. The molecule has 0 fully saturated rings. The van der Waals surface area contributed by atoms with Crippen LogP contribution in [0.3, 0.4) is 0 Å². The Hall–Kier alpha value is -0.860. The highest BCUT2D eigenvalue weighted by Crippen LogP contribution is 2.18. The van der Waals surface area contributed by atoms with Crippen molar-refractivity contribution >= 4 is 0 Å². The molecule has 0 saturated carbocycles. The summed E-state index contributed by atoms with van der Waals surface area (Å²) in [6.45, 7) is 5.87. The number of likely N-dealkylation sites (N-methyl/N-ethyl adjacent to an activating group) is 1. The Kier molecular flexibility index (Phi) is 5.50. The van der Waals surface area contributed by atoms with Crippen molar-refractivity contribution in [3.63, 3.8) is 0 Å². The molecule has 0 amide bonds. The van der Waals surface area contributed by atoms with Crippen LogP contribution < -0.4 is 0 Å². The van der Waals surface area contributed by atoms with E-state index in [9.17, 15) is 5.11 Å². The molecular weight excluding hydrogens is 198 g/mol. The maximum absolute atomic E-state index is 9.26. The van der Waals surface area contributed by atoms with Gasteiger partial charge in [-0.1, -0.05) is 37.3 Å². The molecule has 0 aliphatic rings. The van der Waals surface area contributed by atoms with Crippen molar-refractivity contribution < 1.29 is 5.11 Å². The molecule has 0 aliphatic carbocycles. The fourth-order valence-electron chi connectivity index (χ4n) is 1.90. The lowest BCUT2D eigenvalue weighted by atomic mass is 9.98. The zero-order valence-electron chi connectivity index (χ0n) is 10.6. The van der Waals surface area contributed by atoms with Crippen LogP contribution in [-0.4, -0.2) is 36.2 Å². The van der Waals surface area contributed by atoms with Gasteiger partial charge in [-0.2, -0.15) is 0 Å². The molecule has 0 unspecified atom stereocenters. The fraction of sp³-hybridized carbons (Fsp3) is 0.571. The van der Waals surface area contributed by atoms with E-state index in [4.69, 9.17) is 0 Å². The van der Waals surface area contributed by atoms with Gasteiger partial charge in [0.2, 0.25) is 0 Å². The summed E-state index contributed by atoms with van der Waals surface area (Å²) in [5.74, 6) is 0.581. The third-order valence-electron chi connectivity index (χ3n) is 2.89. The third kappa shape index (κ3) is 4.77. The predicted octanol–water partition coefficient (Wildman–Crippen LogP) is 2.49. The van der Waals surface area contributed by atoms with Crippen molar-refractivity contribution in [1.29, 1.82) is 0 Å². The molecule has 1 aromatic carbocycles. The van der Waals surface area contributed by atoms with E-state index in [-0.39, 0.29) is 6.10 Å². The number of aliphatic hydroxyl groups is 1. The van der Waals surface area contributed by atoms with Gasteiger partial charge in [-0.15, -0.1) is 0 Å². The predicted molar refractivity (Wildman–Crippen MR) is 68.7 cm³/mol. The number of benzene rings is 1. The van der Waals surface area contributed by atoms with Crippen molar-refractivity contribution in [2.24, 2.45) is 0 Å². The zero-order valence-corrected chi connectivity index (χ0v) is 10.6. The molecule has 0 heterocycles. The van der Waals surface area contributed by atoms with Crippen LogP contribution in [0.4, 0.5) is 0 Å². The first-order valence-corrected chi connectivity index (χ1v) is 6.01. The highest BCUT2D eigenvalue weighted by Gasteiger charge is 2.07. The van der Waals surface area contributed by atoms with E-state index in [0.29, 0.717) is 5.92 Å². The lowest BCUT2D eigenvalue weighted by Gasteiger charge is -2.20. The van der Waals surface area contributed by atoms with Gasteiger partial charge in [0, 0.05) is 6.54 Å². The molecule has 2 atom stereocenters. The molecule has 1 N–H and O–H groups in total. The van der Waals surface area contributed by atoms with Crippen molar-refractivity contribution in [1.82, 2.24) is 4.90 Å². The number of nitrogens with zero attached hydrogens (tertiary/aromatic N) is 1. The minimum absolute atomic E-state index is 0.239. The summed E-state index contributed by atoms with van der Waals surface area (Å²) >= 11 is 0. The van der Waals surface area contributed by atoms with Gasteiger partial charge < -0.3 is 10.0 Å². The monoisotopic (exact) mass is 221 g/mol. The highest BCUT2D eigenvalue weighted by molar-refractivity contribution is 5.18. The van der Waals surface area contributed by atoms with Crippen LogP contribution in [0.2, 0.25) is 0 Å². The van der Waals surface area contributed by atoms with Crippen LogP contribution in [-0.2, 0) is 0 Å². The maximum atomic E-state index is 9.26. The summed E-state index contributed by atoms with van der Waals surface area (Å²) in [5.41, 5.74) is 1.40. The molecule has 0 radical (unpaired) electrons. The summed E-state index contributed by atoms with van der Waals surface area (Å²) in [6, 6.07) is 10.6. The molecule has 0 aliphatic heterocycles. The van der Waals surface area contributed by atoms with E-state index in [2.05, 4.69) is 49.2 Å². The first-order chi connectivity index (χ1) is 7.59. The molecule has 2 heteroatoms. The first-order valence-electron chi connectivity index (χ1n) is 6.01. The van der Waals surface area contributed by atoms with E-state index in [1.165, 1.54) is 5.56 Å². The molecular formula is C14H23NO. The Morgan fingerprint density at radius 2 is 1.81 bits per heavy atom. The van der Waals surface area contributed by atoms with Crippen molar-refractivity contribution in [3.8, 4) is 0 Å². The lowest BCUT2D eigenvalue weighted by Crippen LogP contribution is -2.28. The van der Waals surface area contributed by atoms with Crippen LogP contribution in [0.15, 0.2) is 30.3 Å². The Morgan fingerprint density at radius 3 is 2.38 bits per heavy atom. The summed E-state index contributed by atoms with van der Waals surface area (Å²) in [5, 5.41) is 9.26. The van der Waals surface area contributed by atoms with Crippen LogP contribution in [0, 0.1) is 0 Å². The smallest absolute Gasteiger partial charge is 0.0638 e. The van der Waals surface area contributed by atoms with Crippen LogP contribution >= 0.6 is 0 Å². The topological polar surface area (TPSA) is 23.5 Å². The molecule has 90 valence electrons. The minimum atomic E-state index is -0.239. The standard InChI is InChI=1S/C14H23NO/c1-12(14-7-5-4-6-8-14)9-10-15(3)11-13(2)16/h4-8,12-13,16H,9-11H2,1-3H3/t12-,13-/m1/s1. The van der Waals surface area contributed by atoms with Crippen LogP contribution in [0.5, 0.6) is 0 Å². The average Bonchev–Trinajstić information content (AvgIpc) is 2.26. The summed E-state index contributed by atoms with van der Waals surface area (Å²) in [6.07, 6.45) is 0.893. The van der Waals surface area contributed by atoms with E-state index >= 15 is 0 Å². The van der Waals surface area contributed by atoms with E-state index in [1.54, 1.807) is 0 Å². The zero-order chi connectivity index (χ0) is 12.0. The maximum Gasteiger partial charge on any atom is 0.0638 e. The molecule has 1 aromatic rings. The lowest BCUT2D eigenvalue weighted by molar-refractivity contribution is 0.140. The van der Waals surface area contributed by atoms with Gasteiger partial charge in [-0.25, -0.2) is 0 Å². The Labute approximate surface area is 98.9 Å². The largest absolute Gasteiger partial charge is 0.392 e. The molecule has 2 nitrogen and oxygen atoms in total. The number of aliphatic hydroxyl groups excluding tert-OH is 1. The second kappa shape index (κ2) is 6.66. The summed E-state index contributed by atoms with van der Waals surface area (Å²) < 4.78 is 0. The van der Waals surface area contributed by atoms with Gasteiger partial charge >= 0.3 is 0 Å². The van der Waals surface area contributed by atoms with E-state index in [1.807, 2.05) is 6.92 Å². The second-order valence-corrected chi connectivity index (χ2v) is 4.71. The van der Waals surface area contributed by atoms with E-state index in [0.717, 1.165) is 19.5 Å². The van der Waals surface area contributed by atoms with Gasteiger partial charge in [0.15, 0.2) is 0 Å². The first kappa shape index (κ1) is 13.2. The molecule has 1 rings (SSSR count). The fourth-order valence-corrected chi connectivity index (χ4v) is 1.90. The number of hydrogen-bond acceptors (Lipinski definition) is 2. The third-order valence-corrected chi connectivity index (χ3v) is 2.89. The normalized spacial score (nSPS) is 15.1. The average molecular weight is 221 g/mol. The number of rotatable bonds is 6. The number of hydrogen-bond donors (Lipinski definition) is 1. The van der Waals surface area contributed by atoms with E-state index < -0.39 is 0 Å². The van der Waals surface area contributed by atoms with Gasteiger partial charge in [0.25, 0.3) is 0 Å². The minimum Gasteiger partial charge on any atom is -0.392 e. The second-order valence-electron chi connectivity index (χ2n) is 4.71. The van der Waals surface area contributed by atoms with Crippen LogP contribution in [0.1, 0.15) is 31.7 Å². The van der Waals surface area contributed by atoms with Gasteiger partial charge in [0.1, 0.15) is 0 Å². The highest BCUT2D eigenvalue weighted by atomic mass is 16.3. The Morgan fingerprint density at radius 1 is 1.19 bits per heavy atom. The van der Waals surface area contributed by atoms with Gasteiger partial charge in [0.05, 0.1) is 6.10 Å². The summed E-state index contributed by atoms with van der Waals surface area (Å²) in [4.78, 5) is 2.18.